The minimum absolute atomic E-state index is 0.234. The fourth-order valence-electron chi connectivity index (χ4n) is 2.73. The van der Waals surface area contributed by atoms with E-state index in [9.17, 15) is 9.90 Å². The molecule has 1 rings (SSSR count). The summed E-state index contributed by atoms with van der Waals surface area (Å²) in [5.74, 6) is 0.513. The van der Waals surface area contributed by atoms with Crippen LogP contribution in [0.4, 0.5) is 4.79 Å². The highest BCUT2D eigenvalue weighted by Crippen LogP contribution is 2.39. The molecule has 1 aromatic rings. The first-order chi connectivity index (χ1) is 12.4. The second kappa shape index (κ2) is 9.62. The van der Waals surface area contributed by atoms with E-state index in [2.05, 4.69) is 10.6 Å². The number of hydrogen-bond donors (Lipinski definition) is 3. The van der Waals surface area contributed by atoms with Crippen LogP contribution >= 0.6 is 11.6 Å². The first-order valence-electron chi connectivity index (χ1n) is 9.15. The lowest BCUT2D eigenvalue weighted by Gasteiger charge is -2.26. The van der Waals surface area contributed by atoms with Crippen LogP contribution in [-0.4, -0.2) is 36.5 Å². The van der Waals surface area contributed by atoms with Gasteiger partial charge in [0.15, 0.2) is 0 Å². The van der Waals surface area contributed by atoms with Crippen molar-refractivity contribution in [3.05, 3.63) is 27.8 Å². The molecule has 0 saturated heterocycles. The highest BCUT2D eigenvalue weighted by molar-refractivity contribution is 6.31. The van der Waals surface area contributed by atoms with Gasteiger partial charge in [0.1, 0.15) is 11.4 Å². The van der Waals surface area contributed by atoms with Gasteiger partial charge in [0.05, 0.1) is 19.3 Å². The van der Waals surface area contributed by atoms with Gasteiger partial charge in [0.25, 0.3) is 0 Å². The zero-order valence-corrected chi connectivity index (χ0v) is 18.3. The molecule has 0 bridgehead atoms. The standard InChI is InChI=1S/C20H33ClN2O4/c1-11(2)22-10-16(24)17-12(3)15(21)9-14(18(17)26-8)13(4)23-19(25)27-20(5,6)7/h9,11,13,16,22,24H,10H2,1-8H3,(H,23,25). The van der Waals surface area contributed by atoms with E-state index >= 15 is 0 Å². The summed E-state index contributed by atoms with van der Waals surface area (Å²) in [5, 5.41) is 17.2. The van der Waals surface area contributed by atoms with Crippen molar-refractivity contribution in [2.24, 2.45) is 0 Å². The average molecular weight is 401 g/mol. The molecular formula is C20H33ClN2O4. The number of aliphatic hydroxyl groups excluding tert-OH is 1. The Morgan fingerprint density at radius 3 is 2.37 bits per heavy atom. The number of nitrogens with one attached hydrogen (secondary N) is 2. The molecule has 7 heteroatoms. The molecule has 0 heterocycles. The second-order valence-electron chi connectivity index (χ2n) is 7.97. The van der Waals surface area contributed by atoms with Crippen LogP contribution < -0.4 is 15.4 Å². The quantitative estimate of drug-likeness (QED) is 0.636. The third-order valence-corrected chi connectivity index (χ3v) is 4.40. The van der Waals surface area contributed by atoms with E-state index in [1.165, 1.54) is 0 Å². The number of aliphatic hydroxyl groups is 1. The summed E-state index contributed by atoms with van der Waals surface area (Å²) in [5.41, 5.74) is 1.45. The van der Waals surface area contributed by atoms with Gasteiger partial charge < -0.3 is 25.2 Å². The lowest BCUT2D eigenvalue weighted by molar-refractivity contribution is 0.0507. The number of hydrogen-bond acceptors (Lipinski definition) is 5. The Morgan fingerprint density at radius 2 is 1.89 bits per heavy atom. The fraction of sp³-hybridized carbons (Fsp3) is 0.650. The second-order valence-corrected chi connectivity index (χ2v) is 8.37. The number of ether oxygens (including phenoxy) is 2. The van der Waals surface area contributed by atoms with Crippen molar-refractivity contribution in [1.82, 2.24) is 10.6 Å². The lowest BCUT2D eigenvalue weighted by atomic mass is 9.95. The summed E-state index contributed by atoms with van der Waals surface area (Å²) in [6, 6.07) is 1.57. The van der Waals surface area contributed by atoms with Crippen LogP contribution in [0.25, 0.3) is 0 Å². The summed E-state index contributed by atoms with van der Waals surface area (Å²) in [4.78, 5) is 12.1. The van der Waals surface area contributed by atoms with E-state index in [0.717, 1.165) is 5.56 Å². The fourth-order valence-corrected chi connectivity index (χ4v) is 2.95. The third-order valence-electron chi connectivity index (χ3n) is 4.01. The monoisotopic (exact) mass is 400 g/mol. The largest absolute Gasteiger partial charge is 0.496 e. The Hall–Kier alpha value is -1.50. The molecule has 0 saturated carbocycles. The first kappa shape index (κ1) is 23.5. The minimum Gasteiger partial charge on any atom is -0.496 e. The van der Waals surface area contributed by atoms with Crippen LogP contribution in [0.2, 0.25) is 5.02 Å². The number of alkyl carbamates (subject to hydrolysis) is 1. The van der Waals surface area contributed by atoms with Crippen molar-refractivity contribution in [2.75, 3.05) is 13.7 Å². The molecular weight excluding hydrogens is 368 g/mol. The van der Waals surface area contributed by atoms with E-state index in [4.69, 9.17) is 21.1 Å². The maximum atomic E-state index is 12.1. The van der Waals surface area contributed by atoms with Crippen LogP contribution in [0.15, 0.2) is 6.07 Å². The predicted molar refractivity (Wildman–Crippen MR) is 109 cm³/mol. The number of amides is 1. The molecule has 0 aliphatic heterocycles. The number of rotatable bonds is 7. The smallest absolute Gasteiger partial charge is 0.408 e. The molecule has 6 nitrogen and oxygen atoms in total. The van der Waals surface area contributed by atoms with Crippen LogP contribution in [0.1, 0.15) is 70.4 Å². The molecule has 1 aromatic carbocycles. The highest BCUT2D eigenvalue weighted by Gasteiger charge is 2.26. The molecule has 0 fully saturated rings. The maximum Gasteiger partial charge on any atom is 0.408 e. The molecule has 2 unspecified atom stereocenters. The molecule has 0 spiro atoms. The Balaban J connectivity index is 3.22. The van der Waals surface area contributed by atoms with Crippen LogP contribution in [-0.2, 0) is 4.74 Å². The van der Waals surface area contributed by atoms with Crippen molar-refractivity contribution >= 4 is 17.7 Å². The Labute approximate surface area is 167 Å². The molecule has 154 valence electrons. The topological polar surface area (TPSA) is 79.8 Å². The van der Waals surface area contributed by atoms with Crippen LogP contribution in [0.3, 0.4) is 0 Å². The Morgan fingerprint density at radius 1 is 1.30 bits per heavy atom. The normalized spacial score (nSPS) is 14.0. The van der Waals surface area contributed by atoms with Crippen molar-refractivity contribution < 1.29 is 19.4 Å². The van der Waals surface area contributed by atoms with E-state index in [-0.39, 0.29) is 6.04 Å². The van der Waals surface area contributed by atoms with Gasteiger partial charge in [-0.15, -0.1) is 0 Å². The summed E-state index contributed by atoms with van der Waals surface area (Å²) in [7, 11) is 1.54. The zero-order chi connectivity index (χ0) is 20.9. The van der Waals surface area contributed by atoms with E-state index in [1.807, 2.05) is 27.7 Å². The molecule has 3 N–H and O–H groups in total. The molecule has 1 amide bonds. The molecule has 27 heavy (non-hydrogen) atoms. The van der Waals surface area contributed by atoms with E-state index in [0.29, 0.717) is 28.4 Å². The third kappa shape index (κ3) is 6.87. The molecule has 0 aliphatic rings. The highest BCUT2D eigenvalue weighted by atomic mass is 35.5. The first-order valence-corrected chi connectivity index (χ1v) is 9.53. The van der Waals surface area contributed by atoms with E-state index in [1.54, 1.807) is 33.9 Å². The van der Waals surface area contributed by atoms with Crippen molar-refractivity contribution in [1.29, 1.82) is 0 Å². The predicted octanol–water partition coefficient (Wildman–Crippen LogP) is 4.27. The summed E-state index contributed by atoms with van der Waals surface area (Å²) in [6.07, 6.45) is -1.33. The molecule has 0 radical (unpaired) electrons. The van der Waals surface area contributed by atoms with Gasteiger partial charge in [-0.25, -0.2) is 4.79 Å². The van der Waals surface area contributed by atoms with Gasteiger partial charge in [-0.3, -0.25) is 0 Å². The molecule has 0 aliphatic carbocycles. The van der Waals surface area contributed by atoms with Gasteiger partial charge in [-0.05, 0) is 46.2 Å². The summed E-state index contributed by atoms with van der Waals surface area (Å²) in [6.45, 7) is 13.4. The number of halogens is 1. The van der Waals surface area contributed by atoms with Crippen molar-refractivity contribution in [2.45, 2.75) is 72.3 Å². The number of carbonyl (C=O) groups excluding carboxylic acids is 1. The summed E-state index contributed by atoms with van der Waals surface area (Å²) >= 11 is 6.41. The summed E-state index contributed by atoms with van der Waals surface area (Å²) < 4.78 is 10.9. The lowest BCUT2D eigenvalue weighted by Crippen LogP contribution is -2.34. The maximum absolute atomic E-state index is 12.1. The Bertz CT molecular complexity index is 656. The van der Waals surface area contributed by atoms with Gasteiger partial charge in [-0.2, -0.15) is 0 Å². The number of methoxy groups -OCH3 is 1. The Kier molecular flexibility index (Phi) is 8.39. The van der Waals surface area contributed by atoms with Gasteiger partial charge in [0.2, 0.25) is 0 Å². The van der Waals surface area contributed by atoms with Gasteiger partial charge in [0, 0.05) is 28.7 Å². The number of carbonyl (C=O) groups is 1. The van der Waals surface area contributed by atoms with Gasteiger partial charge in [-0.1, -0.05) is 25.4 Å². The van der Waals surface area contributed by atoms with E-state index < -0.39 is 23.8 Å². The van der Waals surface area contributed by atoms with Crippen molar-refractivity contribution in [3.63, 3.8) is 0 Å². The number of benzene rings is 1. The molecule has 2 atom stereocenters. The SMILES string of the molecule is COc1c(C(C)NC(=O)OC(C)(C)C)cc(Cl)c(C)c1C(O)CNC(C)C. The minimum atomic E-state index is -0.798. The van der Waals surface area contributed by atoms with Crippen LogP contribution in [0.5, 0.6) is 5.75 Å². The zero-order valence-electron chi connectivity index (χ0n) is 17.6. The van der Waals surface area contributed by atoms with Gasteiger partial charge >= 0.3 is 6.09 Å². The van der Waals surface area contributed by atoms with Crippen molar-refractivity contribution in [3.8, 4) is 5.75 Å². The average Bonchev–Trinajstić information content (AvgIpc) is 2.52. The van der Waals surface area contributed by atoms with Crippen LogP contribution in [0, 0.1) is 6.92 Å². The molecule has 0 aromatic heterocycles.